The van der Waals surface area contributed by atoms with Crippen molar-refractivity contribution in [1.29, 1.82) is 0 Å². The number of ether oxygens (including phenoxy) is 2. The first-order valence-electron chi connectivity index (χ1n) is 6.91. The second-order valence-electron chi connectivity index (χ2n) is 4.90. The quantitative estimate of drug-likeness (QED) is 0.812. The molecular formula is C17H15NO4. The minimum Gasteiger partial charge on any atom is -0.483 e. The monoisotopic (exact) mass is 297 g/mol. The first kappa shape index (κ1) is 14.1. The Balaban J connectivity index is 2.05. The predicted octanol–water partition coefficient (Wildman–Crippen LogP) is 3.03. The fraction of sp³-hybridized carbons (Fsp3) is 0.176. The molecule has 5 nitrogen and oxygen atoms in total. The van der Waals surface area contributed by atoms with Crippen LogP contribution in [0.3, 0.4) is 0 Å². The molecule has 1 aliphatic heterocycles. The molecule has 0 spiro atoms. The topological polar surface area (TPSA) is 55.8 Å². The highest BCUT2D eigenvalue weighted by molar-refractivity contribution is 6.05. The summed E-state index contributed by atoms with van der Waals surface area (Å²) < 4.78 is 10.7. The van der Waals surface area contributed by atoms with Crippen LogP contribution < -0.4 is 4.74 Å². The number of hydrogen-bond donors (Lipinski definition) is 0. The number of nitrogens with zero attached hydrogens (tertiary/aromatic N) is 1. The fourth-order valence-corrected chi connectivity index (χ4v) is 2.44. The van der Waals surface area contributed by atoms with Crippen molar-refractivity contribution in [1.82, 2.24) is 4.90 Å². The van der Waals surface area contributed by atoms with E-state index in [0.717, 1.165) is 10.5 Å². The second-order valence-corrected chi connectivity index (χ2v) is 4.90. The Morgan fingerprint density at radius 2 is 1.82 bits per heavy atom. The molecule has 0 aliphatic carbocycles. The summed E-state index contributed by atoms with van der Waals surface area (Å²) in [4.78, 5) is 25.6. The van der Waals surface area contributed by atoms with Crippen LogP contribution in [0, 0.1) is 0 Å². The molecule has 0 saturated carbocycles. The van der Waals surface area contributed by atoms with E-state index in [-0.39, 0.29) is 6.54 Å². The van der Waals surface area contributed by atoms with E-state index in [1.165, 1.54) is 7.11 Å². The van der Waals surface area contributed by atoms with Crippen molar-refractivity contribution in [2.24, 2.45) is 0 Å². The van der Waals surface area contributed by atoms with Crippen molar-refractivity contribution in [2.45, 2.75) is 6.10 Å². The molecule has 22 heavy (non-hydrogen) atoms. The van der Waals surface area contributed by atoms with Gasteiger partial charge in [-0.25, -0.2) is 9.69 Å². The van der Waals surface area contributed by atoms with E-state index < -0.39 is 18.1 Å². The lowest BCUT2D eigenvalue weighted by atomic mass is 10.1. The van der Waals surface area contributed by atoms with Gasteiger partial charge in [0.05, 0.1) is 19.2 Å². The second kappa shape index (κ2) is 5.89. The Kier molecular flexibility index (Phi) is 3.78. The number of hydrogen-bond acceptors (Lipinski definition) is 4. The Morgan fingerprint density at radius 3 is 2.55 bits per heavy atom. The van der Waals surface area contributed by atoms with E-state index in [1.807, 2.05) is 30.3 Å². The molecule has 2 aromatic carbocycles. The lowest BCUT2D eigenvalue weighted by molar-refractivity contribution is 0.0656. The molecule has 5 heteroatoms. The van der Waals surface area contributed by atoms with Crippen LogP contribution in [0.25, 0.3) is 0 Å². The van der Waals surface area contributed by atoms with Gasteiger partial charge in [-0.3, -0.25) is 4.79 Å². The number of fused-ring (bicyclic) bond motifs is 1. The first-order valence-corrected chi connectivity index (χ1v) is 6.91. The minimum atomic E-state index is -0.689. The largest absolute Gasteiger partial charge is 0.483 e. The van der Waals surface area contributed by atoms with Gasteiger partial charge < -0.3 is 9.47 Å². The molecule has 1 aliphatic rings. The van der Waals surface area contributed by atoms with Gasteiger partial charge in [-0.15, -0.1) is 0 Å². The average Bonchev–Trinajstić information content (AvgIpc) is 2.72. The number of para-hydroxylation sites is 1. The van der Waals surface area contributed by atoms with Crippen LogP contribution in [0.15, 0.2) is 54.6 Å². The van der Waals surface area contributed by atoms with Crippen molar-refractivity contribution < 1.29 is 19.1 Å². The summed E-state index contributed by atoms with van der Waals surface area (Å²) in [6.45, 7) is 0.101. The Hall–Kier alpha value is -2.82. The molecule has 3 rings (SSSR count). The molecule has 1 atom stereocenters. The number of carbonyl (C=O) groups excluding carboxylic acids is 2. The normalized spacial score (nSPS) is 17.2. The Bertz CT molecular complexity index is 699. The SMILES string of the molecule is COC(=O)N1CC(c2ccccc2)Oc2ccccc2C1=O. The van der Waals surface area contributed by atoms with Crippen molar-refractivity contribution >= 4 is 12.0 Å². The zero-order chi connectivity index (χ0) is 15.5. The van der Waals surface area contributed by atoms with E-state index in [4.69, 9.17) is 9.47 Å². The third-order valence-corrected chi connectivity index (χ3v) is 3.55. The summed E-state index contributed by atoms with van der Waals surface area (Å²) >= 11 is 0. The van der Waals surface area contributed by atoms with Gasteiger partial charge in [-0.05, 0) is 17.7 Å². The van der Waals surface area contributed by atoms with Gasteiger partial charge in [0.25, 0.3) is 5.91 Å². The van der Waals surface area contributed by atoms with E-state index in [2.05, 4.69) is 0 Å². The maximum absolute atomic E-state index is 12.6. The molecular weight excluding hydrogens is 282 g/mol. The highest BCUT2D eigenvalue weighted by Crippen LogP contribution is 2.31. The smallest absolute Gasteiger partial charge is 0.416 e. The summed E-state index contributed by atoms with van der Waals surface area (Å²) in [6.07, 6.45) is -1.13. The first-order chi connectivity index (χ1) is 10.7. The third kappa shape index (κ3) is 2.53. The molecule has 0 saturated heterocycles. The van der Waals surface area contributed by atoms with Crippen molar-refractivity contribution in [3.05, 3.63) is 65.7 Å². The molecule has 2 aromatic rings. The fourth-order valence-electron chi connectivity index (χ4n) is 2.44. The molecule has 1 heterocycles. The van der Waals surface area contributed by atoms with Gasteiger partial charge in [-0.2, -0.15) is 0 Å². The summed E-state index contributed by atoms with van der Waals surface area (Å²) in [5.74, 6) is 0.0497. The van der Waals surface area contributed by atoms with Gasteiger partial charge in [0.15, 0.2) is 0 Å². The molecule has 0 radical (unpaired) electrons. The van der Waals surface area contributed by atoms with Gasteiger partial charge >= 0.3 is 6.09 Å². The van der Waals surface area contributed by atoms with E-state index in [9.17, 15) is 9.59 Å². The average molecular weight is 297 g/mol. The van der Waals surface area contributed by atoms with Gasteiger partial charge in [0.1, 0.15) is 11.9 Å². The van der Waals surface area contributed by atoms with Crippen LogP contribution in [0.2, 0.25) is 0 Å². The molecule has 1 unspecified atom stereocenters. The van der Waals surface area contributed by atoms with Crippen LogP contribution in [-0.4, -0.2) is 30.6 Å². The lowest BCUT2D eigenvalue weighted by Gasteiger charge is -2.21. The van der Waals surface area contributed by atoms with Gasteiger partial charge in [0, 0.05) is 0 Å². The highest BCUT2D eigenvalue weighted by Gasteiger charge is 2.33. The Labute approximate surface area is 128 Å². The highest BCUT2D eigenvalue weighted by atomic mass is 16.5. The van der Waals surface area contributed by atoms with E-state index in [1.54, 1.807) is 24.3 Å². The molecule has 2 amide bonds. The number of imide groups is 1. The summed E-state index contributed by atoms with van der Waals surface area (Å²) in [7, 11) is 1.25. The predicted molar refractivity (Wildman–Crippen MR) is 79.7 cm³/mol. The summed E-state index contributed by atoms with van der Waals surface area (Å²) in [5.41, 5.74) is 1.24. The van der Waals surface area contributed by atoms with Crippen molar-refractivity contribution in [3.8, 4) is 5.75 Å². The Morgan fingerprint density at radius 1 is 1.14 bits per heavy atom. The maximum atomic E-state index is 12.6. The molecule has 0 fully saturated rings. The number of carbonyl (C=O) groups is 2. The van der Waals surface area contributed by atoms with Gasteiger partial charge in [0.2, 0.25) is 0 Å². The maximum Gasteiger partial charge on any atom is 0.416 e. The molecule has 112 valence electrons. The zero-order valence-electron chi connectivity index (χ0n) is 12.1. The number of methoxy groups -OCH3 is 1. The van der Waals surface area contributed by atoms with E-state index in [0.29, 0.717) is 11.3 Å². The summed E-state index contributed by atoms with van der Waals surface area (Å²) in [6, 6.07) is 16.4. The molecule has 0 aromatic heterocycles. The van der Waals surface area contributed by atoms with Crippen LogP contribution in [0.4, 0.5) is 4.79 Å². The van der Waals surface area contributed by atoms with E-state index >= 15 is 0 Å². The lowest BCUT2D eigenvalue weighted by Crippen LogP contribution is -2.38. The molecule has 0 bridgehead atoms. The molecule has 0 N–H and O–H groups in total. The van der Waals surface area contributed by atoms with Gasteiger partial charge in [-0.1, -0.05) is 42.5 Å². The number of rotatable bonds is 1. The number of amides is 2. The number of benzene rings is 2. The van der Waals surface area contributed by atoms with Crippen LogP contribution in [0.1, 0.15) is 22.0 Å². The van der Waals surface area contributed by atoms with Crippen LogP contribution in [0.5, 0.6) is 5.75 Å². The van der Waals surface area contributed by atoms with Crippen molar-refractivity contribution in [3.63, 3.8) is 0 Å². The standard InChI is InChI=1S/C17H15NO4/c1-21-17(20)18-11-15(12-7-3-2-4-8-12)22-14-10-6-5-9-13(14)16(18)19/h2-10,15H,11H2,1H3. The van der Waals surface area contributed by atoms with Crippen LogP contribution in [-0.2, 0) is 4.74 Å². The summed E-state index contributed by atoms with van der Waals surface area (Å²) in [5, 5.41) is 0. The van der Waals surface area contributed by atoms with Crippen molar-refractivity contribution in [2.75, 3.05) is 13.7 Å². The zero-order valence-corrected chi connectivity index (χ0v) is 12.1. The minimum absolute atomic E-state index is 0.101. The third-order valence-electron chi connectivity index (χ3n) is 3.55. The van der Waals surface area contributed by atoms with Crippen LogP contribution >= 0.6 is 0 Å².